The van der Waals surface area contributed by atoms with Gasteiger partial charge < -0.3 is 10.0 Å². The normalized spacial score (nSPS) is 28.0. The quantitative estimate of drug-likeness (QED) is 0.668. The van der Waals surface area contributed by atoms with Crippen molar-refractivity contribution in [3.8, 4) is 17.0 Å². The third-order valence-corrected chi connectivity index (χ3v) is 6.04. The zero-order chi connectivity index (χ0) is 20.2. The van der Waals surface area contributed by atoms with Crippen LogP contribution in [0.25, 0.3) is 22.0 Å². The average Bonchev–Trinajstić information content (AvgIpc) is 3.07. The lowest BCUT2D eigenvalue weighted by atomic mass is 9.87. The first-order chi connectivity index (χ1) is 13.9. The van der Waals surface area contributed by atoms with Gasteiger partial charge in [0.05, 0.1) is 30.2 Å². The van der Waals surface area contributed by atoms with Gasteiger partial charge in [-0.05, 0) is 36.9 Å². The predicted octanol–water partition coefficient (Wildman–Crippen LogP) is 3.23. The molecular weight excluding hydrogens is 369 g/mol. The van der Waals surface area contributed by atoms with Crippen molar-refractivity contribution in [3.05, 3.63) is 55.1 Å². The summed E-state index contributed by atoms with van der Waals surface area (Å²) in [6.07, 6.45) is 10.3. The van der Waals surface area contributed by atoms with Crippen molar-refractivity contribution in [2.45, 2.75) is 37.1 Å². The molecule has 5 rings (SSSR count). The minimum Gasteiger partial charge on any atom is -0.507 e. The molecule has 2 aliphatic rings. The van der Waals surface area contributed by atoms with E-state index in [0.29, 0.717) is 23.5 Å². The fourth-order valence-corrected chi connectivity index (χ4v) is 4.38. The maximum absolute atomic E-state index is 14.9. The lowest BCUT2D eigenvalue weighted by molar-refractivity contribution is 0.155. The molecule has 4 atom stereocenters. The number of nitrogens with zero attached hydrogens (tertiary/aromatic N) is 4. The van der Waals surface area contributed by atoms with E-state index in [-0.39, 0.29) is 23.4 Å². The molecule has 7 heteroatoms. The molecule has 3 aromatic rings. The molecular formula is C22H22FN5O. The fourth-order valence-electron chi connectivity index (χ4n) is 4.38. The van der Waals surface area contributed by atoms with E-state index >= 15 is 0 Å². The van der Waals surface area contributed by atoms with Gasteiger partial charge in [0.15, 0.2) is 0 Å². The number of fused-ring (bicyclic) bond motifs is 3. The lowest BCUT2D eigenvalue weighted by Crippen LogP contribution is -2.60. The van der Waals surface area contributed by atoms with Crippen LogP contribution in [0.15, 0.2) is 55.1 Å². The standard InChI is InChI=1S/C22H22FN5O/c1-22-5-3-16(27-22)21(23)18(9-22)28(2)20-12-25-17(11-26-20)15-7-13-4-6-24-10-14(13)8-19(15)29/h3-8,10-12,16,18,21,27,29H,9H2,1-2H3/t16?,18-,21-,22-/m0/s1. The number of phenols is 1. The highest BCUT2D eigenvalue weighted by molar-refractivity contribution is 5.89. The van der Waals surface area contributed by atoms with Crippen LogP contribution in [-0.4, -0.2) is 50.9 Å². The first-order valence-corrected chi connectivity index (χ1v) is 9.67. The van der Waals surface area contributed by atoms with E-state index < -0.39 is 6.17 Å². The van der Waals surface area contributed by atoms with Crippen LogP contribution in [0.3, 0.4) is 0 Å². The molecule has 0 amide bonds. The van der Waals surface area contributed by atoms with Crippen molar-refractivity contribution in [1.29, 1.82) is 0 Å². The maximum Gasteiger partial charge on any atom is 0.147 e. The molecule has 1 aromatic carbocycles. The SMILES string of the molecule is CN(c1cnc(-c2cc3ccncc3cc2O)cn1)[C@H]1C[C@]2(C)C=CC(N2)[C@@H]1F. The Morgan fingerprint density at radius 1 is 1.21 bits per heavy atom. The lowest BCUT2D eigenvalue weighted by Gasteiger charge is -2.43. The van der Waals surface area contributed by atoms with E-state index in [0.717, 1.165) is 10.8 Å². The summed E-state index contributed by atoms with van der Waals surface area (Å²) in [5, 5.41) is 15.5. The highest BCUT2D eigenvalue weighted by Crippen LogP contribution is 2.36. The molecule has 2 bridgehead atoms. The van der Waals surface area contributed by atoms with Crippen LogP contribution < -0.4 is 10.2 Å². The number of piperidine rings is 1. The van der Waals surface area contributed by atoms with Crippen molar-refractivity contribution in [3.63, 3.8) is 0 Å². The second-order valence-corrected chi connectivity index (χ2v) is 8.13. The number of alkyl halides is 1. The summed E-state index contributed by atoms with van der Waals surface area (Å²) in [6, 6.07) is 4.87. The van der Waals surface area contributed by atoms with Crippen LogP contribution in [0.4, 0.5) is 10.2 Å². The number of benzene rings is 1. The molecule has 0 radical (unpaired) electrons. The molecule has 4 heterocycles. The van der Waals surface area contributed by atoms with E-state index in [1.54, 1.807) is 30.9 Å². The van der Waals surface area contributed by atoms with Gasteiger partial charge in [-0.2, -0.15) is 0 Å². The Morgan fingerprint density at radius 3 is 2.86 bits per heavy atom. The van der Waals surface area contributed by atoms with Crippen molar-refractivity contribution >= 4 is 16.6 Å². The number of aromatic nitrogens is 3. The van der Waals surface area contributed by atoms with Gasteiger partial charge in [-0.3, -0.25) is 15.3 Å². The number of aromatic hydroxyl groups is 1. The monoisotopic (exact) mass is 391 g/mol. The van der Waals surface area contributed by atoms with Gasteiger partial charge in [-0.25, -0.2) is 9.37 Å². The average molecular weight is 391 g/mol. The molecule has 29 heavy (non-hydrogen) atoms. The van der Waals surface area contributed by atoms with E-state index in [9.17, 15) is 9.50 Å². The minimum atomic E-state index is -1.02. The zero-order valence-corrected chi connectivity index (χ0v) is 16.2. The molecule has 6 nitrogen and oxygen atoms in total. The molecule has 1 unspecified atom stereocenters. The number of pyridine rings is 1. The third kappa shape index (κ3) is 3.02. The van der Waals surface area contributed by atoms with Gasteiger partial charge in [0.25, 0.3) is 0 Å². The molecule has 2 aliphatic heterocycles. The number of anilines is 1. The van der Waals surface area contributed by atoms with Gasteiger partial charge >= 0.3 is 0 Å². The Bertz CT molecular complexity index is 1100. The Labute approximate surface area is 168 Å². The Morgan fingerprint density at radius 2 is 2.07 bits per heavy atom. The van der Waals surface area contributed by atoms with E-state index in [2.05, 4.69) is 33.3 Å². The number of hydrogen-bond acceptors (Lipinski definition) is 6. The van der Waals surface area contributed by atoms with Crippen LogP contribution >= 0.6 is 0 Å². The van der Waals surface area contributed by atoms with Gasteiger partial charge in [0, 0.05) is 35.9 Å². The minimum absolute atomic E-state index is 0.124. The zero-order valence-electron chi connectivity index (χ0n) is 16.2. The van der Waals surface area contributed by atoms with Crippen LogP contribution in [0.5, 0.6) is 5.75 Å². The predicted molar refractivity (Wildman–Crippen MR) is 111 cm³/mol. The van der Waals surface area contributed by atoms with Crippen LogP contribution in [0.1, 0.15) is 13.3 Å². The summed E-state index contributed by atoms with van der Waals surface area (Å²) in [6.45, 7) is 2.09. The second kappa shape index (κ2) is 6.49. The van der Waals surface area contributed by atoms with Crippen LogP contribution in [-0.2, 0) is 0 Å². The summed E-state index contributed by atoms with van der Waals surface area (Å²) < 4.78 is 14.9. The van der Waals surface area contributed by atoms with E-state index in [1.165, 1.54) is 0 Å². The number of phenolic OH excluding ortho intramolecular Hbond substituents is 1. The number of hydrogen-bond donors (Lipinski definition) is 2. The van der Waals surface area contributed by atoms with E-state index in [4.69, 9.17) is 0 Å². The molecule has 0 spiro atoms. The maximum atomic E-state index is 14.9. The molecule has 1 fully saturated rings. The molecule has 148 valence electrons. The number of rotatable bonds is 3. The van der Waals surface area contributed by atoms with Gasteiger partial charge in [0.2, 0.25) is 0 Å². The second-order valence-electron chi connectivity index (χ2n) is 8.13. The Hall–Kier alpha value is -3.06. The first kappa shape index (κ1) is 18.0. The highest BCUT2D eigenvalue weighted by atomic mass is 19.1. The van der Waals surface area contributed by atoms with E-state index in [1.807, 2.05) is 30.2 Å². The van der Waals surface area contributed by atoms with Crippen LogP contribution in [0.2, 0.25) is 0 Å². The summed E-state index contributed by atoms with van der Waals surface area (Å²) in [4.78, 5) is 14.9. The summed E-state index contributed by atoms with van der Waals surface area (Å²) in [5.41, 5.74) is 0.977. The largest absolute Gasteiger partial charge is 0.507 e. The molecule has 2 aromatic heterocycles. The molecule has 0 saturated carbocycles. The molecule has 0 aliphatic carbocycles. The number of nitrogens with one attached hydrogen (secondary N) is 1. The fraction of sp³-hybridized carbons (Fsp3) is 0.318. The highest BCUT2D eigenvalue weighted by Gasteiger charge is 2.46. The molecule has 1 saturated heterocycles. The topological polar surface area (TPSA) is 74.2 Å². The Kier molecular flexibility index (Phi) is 4.03. The molecule has 2 N–H and O–H groups in total. The summed E-state index contributed by atoms with van der Waals surface area (Å²) in [5.74, 6) is 0.731. The van der Waals surface area contributed by atoms with Gasteiger partial charge in [0.1, 0.15) is 17.7 Å². The number of halogens is 1. The van der Waals surface area contributed by atoms with Crippen LogP contribution in [0, 0.1) is 0 Å². The third-order valence-electron chi connectivity index (χ3n) is 6.04. The van der Waals surface area contributed by atoms with Gasteiger partial charge in [-0.15, -0.1) is 0 Å². The van der Waals surface area contributed by atoms with Gasteiger partial charge in [-0.1, -0.05) is 12.2 Å². The first-order valence-electron chi connectivity index (χ1n) is 9.67. The smallest absolute Gasteiger partial charge is 0.147 e. The summed E-state index contributed by atoms with van der Waals surface area (Å²) >= 11 is 0. The van der Waals surface area contributed by atoms with Crippen molar-refractivity contribution in [2.75, 3.05) is 11.9 Å². The van der Waals surface area contributed by atoms with Crippen molar-refractivity contribution < 1.29 is 9.50 Å². The van der Waals surface area contributed by atoms with Crippen molar-refractivity contribution in [1.82, 2.24) is 20.3 Å². The Balaban J connectivity index is 1.43. The summed E-state index contributed by atoms with van der Waals surface area (Å²) in [7, 11) is 1.86. The van der Waals surface area contributed by atoms with Crippen molar-refractivity contribution in [2.24, 2.45) is 0 Å².